The minimum absolute atomic E-state index is 0.306. The number of carbonyl (C=O) groups is 2. The number of amides is 1. The number of nitrogens with zero attached hydrogens (tertiary/aromatic N) is 1. The summed E-state index contributed by atoms with van der Waals surface area (Å²) in [5.74, 6) is -0.354. The van der Waals surface area contributed by atoms with Crippen molar-refractivity contribution in [1.29, 1.82) is 0 Å². The molecule has 3 aromatic rings. The average Bonchev–Trinajstić information content (AvgIpc) is 3.00. The van der Waals surface area contributed by atoms with Crippen molar-refractivity contribution >= 4 is 22.6 Å². The van der Waals surface area contributed by atoms with Crippen molar-refractivity contribution in [2.75, 3.05) is 13.7 Å². The lowest BCUT2D eigenvalue weighted by Crippen LogP contribution is -2.22. The fourth-order valence-corrected chi connectivity index (χ4v) is 2.74. The quantitative estimate of drug-likeness (QED) is 0.530. The Labute approximate surface area is 144 Å². The van der Waals surface area contributed by atoms with Crippen molar-refractivity contribution in [3.8, 4) is 11.5 Å². The number of hydrogen-bond donors (Lipinski definition) is 1. The van der Waals surface area contributed by atoms with Crippen LogP contribution in [0.2, 0.25) is 0 Å². The van der Waals surface area contributed by atoms with Crippen LogP contribution in [0.3, 0.4) is 0 Å². The molecule has 2 N–H and O–H groups in total. The monoisotopic (exact) mass is 338 g/mol. The summed E-state index contributed by atoms with van der Waals surface area (Å²) in [7, 11) is 1.59. The van der Waals surface area contributed by atoms with E-state index in [0.717, 1.165) is 5.52 Å². The van der Waals surface area contributed by atoms with E-state index in [2.05, 4.69) is 0 Å². The Hall–Kier alpha value is -3.28. The Morgan fingerprint density at radius 1 is 1.04 bits per heavy atom. The van der Waals surface area contributed by atoms with Crippen molar-refractivity contribution < 1.29 is 19.1 Å². The van der Waals surface area contributed by atoms with E-state index in [1.807, 2.05) is 47.0 Å². The largest absolute Gasteiger partial charge is 0.493 e. The second kappa shape index (κ2) is 7.09. The van der Waals surface area contributed by atoms with E-state index in [0.29, 0.717) is 35.6 Å². The topological polar surface area (TPSA) is 83.6 Å². The molecule has 1 amide bonds. The molecule has 0 aliphatic heterocycles. The number of ether oxygens (including phenoxy) is 2. The molecule has 0 bridgehead atoms. The van der Waals surface area contributed by atoms with Crippen molar-refractivity contribution in [2.24, 2.45) is 5.73 Å². The number of para-hydroxylation sites is 3. The van der Waals surface area contributed by atoms with Crippen molar-refractivity contribution in [1.82, 2.24) is 4.57 Å². The van der Waals surface area contributed by atoms with Gasteiger partial charge in [0.05, 0.1) is 19.2 Å². The van der Waals surface area contributed by atoms with E-state index in [-0.39, 0.29) is 0 Å². The predicted molar refractivity (Wildman–Crippen MR) is 94.0 cm³/mol. The van der Waals surface area contributed by atoms with Crippen LogP contribution in [0, 0.1) is 0 Å². The molecule has 0 unspecified atom stereocenters. The minimum Gasteiger partial charge on any atom is -0.493 e. The molecule has 128 valence electrons. The molecule has 6 nitrogen and oxygen atoms in total. The number of aromatic nitrogens is 1. The summed E-state index contributed by atoms with van der Waals surface area (Å²) < 4.78 is 12.9. The van der Waals surface area contributed by atoms with Gasteiger partial charge in [-0.1, -0.05) is 30.3 Å². The van der Waals surface area contributed by atoms with Crippen LogP contribution in [0.4, 0.5) is 0 Å². The van der Waals surface area contributed by atoms with Gasteiger partial charge in [0.1, 0.15) is 6.61 Å². The standard InChI is InChI=1S/C19H18N2O4/c1-24-16-8-4-5-9-17(16)25-11-10-21-12-14(18(22)19(20)23)13-6-2-3-7-15(13)21/h2-9,12H,10-11H2,1H3,(H2,20,23). The minimum atomic E-state index is -0.965. The van der Waals surface area contributed by atoms with Gasteiger partial charge in [-0.25, -0.2) is 0 Å². The molecule has 3 rings (SSSR count). The van der Waals surface area contributed by atoms with Crippen LogP contribution in [0.25, 0.3) is 10.9 Å². The summed E-state index contributed by atoms with van der Waals surface area (Å²) in [6.45, 7) is 0.883. The van der Waals surface area contributed by atoms with Crippen LogP contribution < -0.4 is 15.2 Å². The highest BCUT2D eigenvalue weighted by molar-refractivity contribution is 6.44. The third-order valence-electron chi connectivity index (χ3n) is 3.92. The van der Waals surface area contributed by atoms with Gasteiger partial charge in [0.15, 0.2) is 11.5 Å². The normalized spacial score (nSPS) is 10.6. The Morgan fingerprint density at radius 3 is 2.44 bits per heavy atom. The predicted octanol–water partition coefficient (Wildman–Crippen LogP) is 2.40. The molecule has 2 aromatic carbocycles. The van der Waals surface area contributed by atoms with E-state index in [4.69, 9.17) is 15.2 Å². The lowest BCUT2D eigenvalue weighted by molar-refractivity contribution is -0.114. The molecule has 25 heavy (non-hydrogen) atoms. The second-order valence-electron chi connectivity index (χ2n) is 5.45. The first-order valence-corrected chi connectivity index (χ1v) is 7.79. The van der Waals surface area contributed by atoms with Crippen molar-refractivity contribution in [3.63, 3.8) is 0 Å². The molecule has 1 heterocycles. The molecule has 0 aliphatic rings. The van der Waals surface area contributed by atoms with Gasteiger partial charge in [-0.3, -0.25) is 9.59 Å². The summed E-state index contributed by atoms with van der Waals surface area (Å²) in [6, 6.07) is 14.8. The third-order valence-corrected chi connectivity index (χ3v) is 3.92. The van der Waals surface area contributed by atoms with Crippen molar-refractivity contribution in [2.45, 2.75) is 6.54 Å². The molecule has 0 saturated heterocycles. The molecule has 0 saturated carbocycles. The first-order chi connectivity index (χ1) is 12.1. The van der Waals surface area contributed by atoms with Crippen molar-refractivity contribution in [3.05, 3.63) is 60.3 Å². The molecule has 0 atom stereocenters. The second-order valence-corrected chi connectivity index (χ2v) is 5.45. The van der Waals surface area contributed by atoms with E-state index < -0.39 is 11.7 Å². The van der Waals surface area contributed by atoms with Crippen LogP contribution >= 0.6 is 0 Å². The lowest BCUT2D eigenvalue weighted by Gasteiger charge is -2.11. The fourth-order valence-electron chi connectivity index (χ4n) is 2.74. The van der Waals surface area contributed by atoms with Gasteiger partial charge in [-0.15, -0.1) is 0 Å². The zero-order chi connectivity index (χ0) is 17.8. The molecule has 0 radical (unpaired) electrons. The zero-order valence-electron chi connectivity index (χ0n) is 13.8. The maximum Gasteiger partial charge on any atom is 0.289 e. The Kier molecular flexibility index (Phi) is 4.70. The number of methoxy groups -OCH3 is 1. The number of ketones is 1. The number of benzene rings is 2. The van der Waals surface area contributed by atoms with E-state index in [9.17, 15) is 9.59 Å². The Bertz CT molecular complexity index is 930. The summed E-state index contributed by atoms with van der Waals surface area (Å²) in [4.78, 5) is 23.3. The molecule has 0 fully saturated rings. The van der Waals surface area contributed by atoms with E-state index >= 15 is 0 Å². The number of hydrogen-bond acceptors (Lipinski definition) is 4. The van der Waals surface area contributed by atoms with Crippen LogP contribution in [-0.2, 0) is 11.3 Å². The molecule has 0 aliphatic carbocycles. The van der Waals surface area contributed by atoms with Gasteiger partial charge in [0.25, 0.3) is 11.7 Å². The number of fused-ring (bicyclic) bond motifs is 1. The smallest absolute Gasteiger partial charge is 0.289 e. The summed E-state index contributed by atoms with van der Waals surface area (Å²) in [5, 5.41) is 0.698. The first kappa shape index (κ1) is 16.6. The van der Waals surface area contributed by atoms with Crippen LogP contribution in [0.1, 0.15) is 10.4 Å². The van der Waals surface area contributed by atoms with Gasteiger partial charge in [0.2, 0.25) is 0 Å². The SMILES string of the molecule is COc1ccccc1OCCn1cc(C(=O)C(N)=O)c2ccccc21. The van der Waals surface area contributed by atoms with Gasteiger partial charge in [-0.2, -0.15) is 0 Å². The van der Waals surface area contributed by atoms with Gasteiger partial charge >= 0.3 is 0 Å². The van der Waals surface area contributed by atoms with Crippen LogP contribution in [0.5, 0.6) is 11.5 Å². The average molecular weight is 338 g/mol. The van der Waals surface area contributed by atoms with Gasteiger partial charge < -0.3 is 19.8 Å². The maximum absolute atomic E-state index is 12.0. The van der Waals surface area contributed by atoms with Gasteiger partial charge in [-0.05, 0) is 18.2 Å². The Balaban J connectivity index is 1.82. The highest BCUT2D eigenvalue weighted by Gasteiger charge is 2.19. The summed E-state index contributed by atoms with van der Waals surface area (Å²) in [5.41, 5.74) is 6.29. The molecule has 1 aromatic heterocycles. The number of nitrogens with two attached hydrogens (primary N) is 1. The molecule has 0 spiro atoms. The number of primary amides is 1. The Morgan fingerprint density at radius 2 is 1.72 bits per heavy atom. The number of Topliss-reactive ketones (excluding diaryl/α,β-unsaturated/α-hetero) is 1. The number of carbonyl (C=O) groups excluding carboxylic acids is 2. The highest BCUT2D eigenvalue weighted by atomic mass is 16.5. The first-order valence-electron chi connectivity index (χ1n) is 7.79. The maximum atomic E-state index is 12.0. The summed E-state index contributed by atoms with van der Waals surface area (Å²) >= 11 is 0. The highest BCUT2D eigenvalue weighted by Crippen LogP contribution is 2.26. The van der Waals surface area contributed by atoms with Crippen LogP contribution in [-0.4, -0.2) is 30.0 Å². The molecular weight excluding hydrogens is 320 g/mol. The zero-order valence-corrected chi connectivity index (χ0v) is 13.8. The van der Waals surface area contributed by atoms with E-state index in [1.165, 1.54) is 0 Å². The fraction of sp³-hybridized carbons (Fsp3) is 0.158. The van der Waals surface area contributed by atoms with Gasteiger partial charge in [0, 0.05) is 17.1 Å². The van der Waals surface area contributed by atoms with E-state index in [1.54, 1.807) is 19.4 Å². The lowest BCUT2D eigenvalue weighted by atomic mass is 10.1. The molecule has 6 heteroatoms. The van der Waals surface area contributed by atoms with Crippen LogP contribution in [0.15, 0.2) is 54.7 Å². The third kappa shape index (κ3) is 3.33. The summed E-state index contributed by atoms with van der Waals surface area (Å²) in [6.07, 6.45) is 1.64. The molecular formula is C19H18N2O4. The number of rotatable bonds is 7.